The van der Waals surface area contributed by atoms with Gasteiger partial charge in [-0.05, 0) is 12.8 Å². The van der Waals surface area contributed by atoms with E-state index >= 15 is 0 Å². The second-order valence-corrected chi connectivity index (χ2v) is 7.61. The van der Waals surface area contributed by atoms with Gasteiger partial charge in [0.2, 0.25) is 0 Å². The number of piperazine rings is 1. The standard InChI is InChI=1S/C16H26N4S/c1-2-4-14(5-3-1)18-7-9-19(10-8-18)15-12-20(13-15)16-17-6-11-21-16/h6,11,14-15H,1-5,7-10,12-13H2. The topological polar surface area (TPSA) is 22.6 Å². The third-order valence-electron chi connectivity index (χ3n) is 5.51. The summed E-state index contributed by atoms with van der Waals surface area (Å²) in [5.74, 6) is 0. The van der Waals surface area contributed by atoms with E-state index in [4.69, 9.17) is 0 Å². The molecule has 3 heterocycles. The van der Waals surface area contributed by atoms with E-state index in [-0.39, 0.29) is 0 Å². The molecule has 116 valence electrons. The summed E-state index contributed by atoms with van der Waals surface area (Å²) in [5.41, 5.74) is 0. The van der Waals surface area contributed by atoms with Gasteiger partial charge in [0.15, 0.2) is 5.13 Å². The number of hydrogen-bond donors (Lipinski definition) is 0. The molecule has 0 radical (unpaired) electrons. The molecule has 2 saturated heterocycles. The molecular formula is C16H26N4S. The first-order valence-corrected chi connectivity index (χ1v) is 9.40. The molecule has 1 saturated carbocycles. The van der Waals surface area contributed by atoms with E-state index in [0.29, 0.717) is 0 Å². The molecule has 0 bridgehead atoms. The average molecular weight is 306 g/mol. The number of anilines is 1. The Morgan fingerprint density at radius 3 is 2.19 bits per heavy atom. The monoisotopic (exact) mass is 306 g/mol. The van der Waals surface area contributed by atoms with Crippen molar-refractivity contribution >= 4 is 16.5 Å². The third kappa shape index (κ3) is 2.96. The summed E-state index contributed by atoms with van der Waals surface area (Å²) < 4.78 is 0. The zero-order chi connectivity index (χ0) is 14.1. The minimum Gasteiger partial charge on any atom is -0.345 e. The summed E-state index contributed by atoms with van der Waals surface area (Å²) in [4.78, 5) is 12.3. The Balaban J connectivity index is 1.23. The first kappa shape index (κ1) is 14.0. The average Bonchev–Trinajstić information content (AvgIpc) is 3.01. The number of hydrogen-bond acceptors (Lipinski definition) is 5. The van der Waals surface area contributed by atoms with E-state index in [0.717, 1.165) is 12.1 Å². The maximum atomic E-state index is 4.41. The van der Waals surface area contributed by atoms with Crippen LogP contribution in [0.4, 0.5) is 5.13 Å². The van der Waals surface area contributed by atoms with Crippen molar-refractivity contribution in [1.82, 2.24) is 14.8 Å². The van der Waals surface area contributed by atoms with Gasteiger partial charge in [-0.25, -0.2) is 4.98 Å². The number of thiazole rings is 1. The van der Waals surface area contributed by atoms with Crippen LogP contribution in [-0.2, 0) is 0 Å². The second-order valence-electron chi connectivity index (χ2n) is 6.74. The van der Waals surface area contributed by atoms with Gasteiger partial charge in [0.1, 0.15) is 0 Å². The molecule has 0 aromatic carbocycles. The third-order valence-corrected chi connectivity index (χ3v) is 6.34. The summed E-state index contributed by atoms with van der Waals surface area (Å²) in [5, 5.41) is 3.28. The zero-order valence-corrected chi connectivity index (χ0v) is 13.6. The van der Waals surface area contributed by atoms with Crippen molar-refractivity contribution in [3.05, 3.63) is 11.6 Å². The summed E-state index contributed by atoms with van der Waals surface area (Å²) in [6.07, 6.45) is 9.18. The summed E-state index contributed by atoms with van der Waals surface area (Å²) in [7, 11) is 0. The van der Waals surface area contributed by atoms with Crippen molar-refractivity contribution in [3.8, 4) is 0 Å². The molecule has 3 aliphatic rings. The maximum Gasteiger partial charge on any atom is 0.185 e. The Hall–Kier alpha value is -0.650. The molecule has 1 aliphatic carbocycles. The van der Waals surface area contributed by atoms with Gasteiger partial charge >= 0.3 is 0 Å². The summed E-state index contributed by atoms with van der Waals surface area (Å²) in [6, 6.07) is 1.66. The number of rotatable bonds is 3. The molecule has 4 nitrogen and oxygen atoms in total. The molecule has 0 atom stereocenters. The van der Waals surface area contributed by atoms with Gasteiger partial charge in [-0.15, -0.1) is 11.3 Å². The van der Waals surface area contributed by atoms with Gasteiger partial charge in [-0.3, -0.25) is 9.80 Å². The van der Waals surface area contributed by atoms with Crippen LogP contribution in [0.1, 0.15) is 32.1 Å². The lowest BCUT2D eigenvalue weighted by Crippen LogP contribution is -2.64. The first-order valence-electron chi connectivity index (χ1n) is 8.53. The molecule has 0 unspecified atom stereocenters. The minimum atomic E-state index is 0.766. The smallest absolute Gasteiger partial charge is 0.185 e. The molecule has 5 heteroatoms. The van der Waals surface area contributed by atoms with Crippen LogP contribution in [0.5, 0.6) is 0 Å². The van der Waals surface area contributed by atoms with Crippen LogP contribution in [0.15, 0.2) is 11.6 Å². The first-order chi connectivity index (χ1) is 10.4. The molecule has 0 spiro atoms. The Labute approximate surface area is 131 Å². The van der Waals surface area contributed by atoms with Crippen molar-refractivity contribution < 1.29 is 0 Å². The Bertz CT molecular complexity index is 429. The fourth-order valence-electron chi connectivity index (χ4n) is 4.13. The van der Waals surface area contributed by atoms with Crippen LogP contribution in [0, 0.1) is 0 Å². The van der Waals surface area contributed by atoms with Crippen LogP contribution in [0.2, 0.25) is 0 Å². The van der Waals surface area contributed by atoms with E-state index in [9.17, 15) is 0 Å². The zero-order valence-electron chi connectivity index (χ0n) is 12.8. The molecule has 4 rings (SSSR count). The van der Waals surface area contributed by atoms with Gasteiger partial charge in [-0.2, -0.15) is 0 Å². The molecule has 0 N–H and O–H groups in total. The van der Waals surface area contributed by atoms with Crippen molar-refractivity contribution in [1.29, 1.82) is 0 Å². The van der Waals surface area contributed by atoms with Gasteiger partial charge in [-0.1, -0.05) is 19.3 Å². The summed E-state index contributed by atoms with van der Waals surface area (Å²) in [6.45, 7) is 7.48. The predicted octanol–water partition coefficient (Wildman–Crippen LogP) is 2.28. The fraction of sp³-hybridized carbons (Fsp3) is 0.812. The van der Waals surface area contributed by atoms with Gasteiger partial charge in [0.05, 0.1) is 0 Å². The normalized spacial score (nSPS) is 27.0. The highest BCUT2D eigenvalue weighted by Gasteiger charge is 2.35. The molecular weight excluding hydrogens is 280 g/mol. The Morgan fingerprint density at radius 1 is 0.905 bits per heavy atom. The highest BCUT2D eigenvalue weighted by atomic mass is 32.1. The lowest BCUT2D eigenvalue weighted by atomic mass is 9.93. The van der Waals surface area contributed by atoms with Crippen molar-refractivity contribution in [2.45, 2.75) is 44.2 Å². The van der Waals surface area contributed by atoms with E-state index in [2.05, 4.69) is 25.1 Å². The maximum absolute atomic E-state index is 4.41. The Kier molecular flexibility index (Phi) is 4.14. The predicted molar refractivity (Wildman–Crippen MR) is 88.1 cm³/mol. The lowest BCUT2D eigenvalue weighted by molar-refractivity contribution is 0.0488. The van der Waals surface area contributed by atoms with Gasteiger partial charge in [0, 0.05) is 62.9 Å². The minimum absolute atomic E-state index is 0.766. The molecule has 1 aromatic rings. The number of aromatic nitrogens is 1. The molecule has 2 aliphatic heterocycles. The second kappa shape index (κ2) is 6.23. The molecule has 3 fully saturated rings. The number of nitrogens with zero attached hydrogens (tertiary/aromatic N) is 4. The van der Waals surface area contributed by atoms with Crippen LogP contribution in [0.3, 0.4) is 0 Å². The highest BCUT2D eigenvalue weighted by Crippen LogP contribution is 2.27. The molecule has 1 aromatic heterocycles. The van der Waals surface area contributed by atoms with Crippen LogP contribution < -0.4 is 4.90 Å². The van der Waals surface area contributed by atoms with E-state index in [1.54, 1.807) is 11.3 Å². The highest BCUT2D eigenvalue weighted by molar-refractivity contribution is 7.13. The van der Waals surface area contributed by atoms with Crippen LogP contribution in [0.25, 0.3) is 0 Å². The van der Waals surface area contributed by atoms with E-state index < -0.39 is 0 Å². The van der Waals surface area contributed by atoms with Crippen LogP contribution >= 0.6 is 11.3 Å². The van der Waals surface area contributed by atoms with Crippen LogP contribution in [-0.4, -0.2) is 66.1 Å². The van der Waals surface area contributed by atoms with Crippen molar-refractivity contribution in [3.63, 3.8) is 0 Å². The lowest BCUT2D eigenvalue weighted by Gasteiger charge is -2.49. The van der Waals surface area contributed by atoms with E-state index in [1.807, 2.05) is 6.20 Å². The quantitative estimate of drug-likeness (QED) is 0.854. The Morgan fingerprint density at radius 2 is 1.57 bits per heavy atom. The molecule has 21 heavy (non-hydrogen) atoms. The summed E-state index contributed by atoms with van der Waals surface area (Å²) >= 11 is 1.76. The SMILES string of the molecule is c1csc(N2CC(N3CCN(C4CCCCC4)CC3)C2)n1. The van der Waals surface area contributed by atoms with Crippen molar-refractivity contribution in [2.24, 2.45) is 0 Å². The fourth-order valence-corrected chi connectivity index (χ4v) is 4.79. The van der Waals surface area contributed by atoms with Crippen molar-refractivity contribution in [2.75, 3.05) is 44.2 Å². The molecule has 0 amide bonds. The van der Waals surface area contributed by atoms with E-state index in [1.165, 1.54) is 76.5 Å². The largest absolute Gasteiger partial charge is 0.345 e. The van der Waals surface area contributed by atoms with Gasteiger partial charge in [0.25, 0.3) is 0 Å². The van der Waals surface area contributed by atoms with Gasteiger partial charge < -0.3 is 4.90 Å².